The summed E-state index contributed by atoms with van der Waals surface area (Å²) in [5, 5.41) is 2.78. The second-order valence-electron chi connectivity index (χ2n) is 7.68. The van der Waals surface area contributed by atoms with Crippen LogP contribution >= 0.6 is 0 Å². The van der Waals surface area contributed by atoms with Crippen LogP contribution in [0.25, 0.3) is 0 Å². The van der Waals surface area contributed by atoms with Crippen LogP contribution in [-0.2, 0) is 16.1 Å². The molecule has 2 unspecified atom stereocenters. The Hall–Kier alpha value is -4.40. The summed E-state index contributed by atoms with van der Waals surface area (Å²) in [5.74, 6) is -1.04. The summed E-state index contributed by atoms with van der Waals surface area (Å²) in [6, 6.07) is 17.9. The van der Waals surface area contributed by atoms with E-state index in [-0.39, 0.29) is 12.5 Å². The summed E-state index contributed by atoms with van der Waals surface area (Å²) in [6.07, 6.45) is -1.63. The lowest BCUT2D eigenvalue weighted by Crippen LogP contribution is -2.43. The molecular weight excluding hydrogens is 441 g/mol. The van der Waals surface area contributed by atoms with Crippen molar-refractivity contribution in [2.45, 2.75) is 18.7 Å². The Morgan fingerprint density at radius 2 is 1.74 bits per heavy atom. The number of amides is 3. The average molecular weight is 463 g/mol. The summed E-state index contributed by atoms with van der Waals surface area (Å²) >= 11 is 0. The number of nitrogens with two attached hydrogens (primary N) is 1. The predicted molar refractivity (Wildman–Crippen MR) is 122 cm³/mol. The van der Waals surface area contributed by atoms with Gasteiger partial charge in [-0.05, 0) is 47.5 Å². The highest BCUT2D eigenvalue weighted by molar-refractivity contribution is 6.06. The topological polar surface area (TPSA) is 111 Å². The van der Waals surface area contributed by atoms with E-state index in [0.717, 1.165) is 0 Å². The number of cyclic esters (lactones) is 1. The molecule has 34 heavy (non-hydrogen) atoms. The van der Waals surface area contributed by atoms with Gasteiger partial charge in [-0.1, -0.05) is 36.4 Å². The van der Waals surface area contributed by atoms with E-state index in [1.54, 1.807) is 48.5 Å². The predicted octanol–water partition coefficient (Wildman–Crippen LogP) is 3.63. The molecule has 0 saturated carbocycles. The molecule has 1 fully saturated rings. The lowest BCUT2D eigenvalue weighted by atomic mass is 10.0. The number of benzene rings is 3. The van der Waals surface area contributed by atoms with Crippen molar-refractivity contribution in [2.75, 3.05) is 12.4 Å². The van der Waals surface area contributed by atoms with Crippen LogP contribution in [0.4, 0.5) is 14.9 Å². The van der Waals surface area contributed by atoms with E-state index >= 15 is 0 Å². The van der Waals surface area contributed by atoms with Crippen LogP contribution in [0.15, 0.2) is 72.8 Å². The lowest BCUT2D eigenvalue weighted by molar-refractivity contribution is -0.123. The summed E-state index contributed by atoms with van der Waals surface area (Å²) in [6.45, 7) is 0.0380. The van der Waals surface area contributed by atoms with Crippen molar-refractivity contribution in [3.05, 3.63) is 95.3 Å². The van der Waals surface area contributed by atoms with Gasteiger partial charge in [-0.2, -0.15) is 0 Å². The van der Waals surface area contributed by atoms with Crippen LogP contribution in [0.2, 0.25) is 0 Å². The van der Waals surface area contributed by atoms with Gasteiger partial charge in [0, 0.05) is 5.69 Å². The van der Waals surface area contributed by atoms with Crippen molar-refractivity contribution in [3.8, 4) is 5.75 Å². The number of rotatable bonds is 7. The monoisotopic (exact) mass is 463 g/mol. The van der Waals surface area contributed by atoms with Gasteiger partial charge in [0.15, 0.2) is 12.1 Å². The van der Waals surface area contributed by atoms with E-state index in [1.165, 1.54) is 36.3 Å². The average Bonchev–Trinajstić information content (AvgIpc) is 3.17. The van der Waals surface area contributed by atoms with Crippen molar-refractivity contribution in [2.24, 2.45) is 5.73 Å². The Kier molecular flexibility index (Phi) is 6.44. The highest BCUT2D eigenvalue weighted by Crippen LogP contribution is 2.34. The normalized spacial score (nSPS) is 17.2. The first-order valence-corrected chi connectivity index (χ1v) is 10.4. The van der Waals surface area contributed by atoms with Gasteiger partial charge < -0.3 is 20.5 Å². The molecule has 1 aliphatic rings. The third kappa shape index (κ3) is 4.68. The van der Waals surface area contributed by atoms with E-state index in [9.17, 15) is 18.8 Å². The standard InChI is InChI=1S/C25H22FN3O5/c1-33-20-5-3-2-4-19(20)24(31)28-18-12-8-16(9-13-18)22-21(23(27)30)29(25(32)34-22)14-15-6-10-17(26)11-7-15/h2-13,21-22H,14H2,1H3,(H2,27,30)(H,28,31). The maximum Gasteiger partial charge on any atom is 0.411 e. The number of nitrogens with one attached hydrogen (secondary N) is 1. The fraction of sp³-hybridized carbons (Fsp3) is 0.160. The van der Waals surface area contributed by atoms with Gasteiger partial charge in [0.2, 0.25) is 5.91 Å². The van der Waals surface area contributed by atoms with Crippen molar-refractivity contribution in [1.29, 1.82) is 0 Å². The molecule has 174 valence electrons. The molecule has 0 bridgehead atoms. The fourth-order valence-corrected chi connectivity index (χ4v) is 3.81. The molecule has 0 aromatic heterocycles. The number of primary amides is 1. The third-order valence-electron chi connectivity index (χ3n) is 5.49. The Labute approximate surface area is 195 Å². The molecule has 3 aromatic carbocycles. The Balaban J connectivity index is 1.51. The maximum atomic E-state index is 13.2. The molecule has 3 aromatic rings. The zero-order chi connectivity index (χ0) is 24.2. The van der Waals surface area contributed by atoms with Crippen LogP contribution in [0, 0.1) is 5.82 Å². The van der Waals surface area contributed by atoms with Gasteiger partial charge in [0.1, 0.15) is 11.6 Å². The molecule has 9 heteroatoms. The molecule has 1 saturated heterocycles. The summed E-state index contributed by atoms with van der Waals surface area (Å²) < 4.78 is 23.9. The first-order valence-electron chi connectivity index (χ1n) is 10.4. The first-order chi connectivity index (χ1) is 16.4. The smallest absolute Gasteiger partial charge is 0.411 e. The minimum atomic E-state index is -1.05. The van der Waals surface area contributed by atoms with E-state index in [0.29, 0.717) is 28.1 Å². The minimum absolute atomic E-state index is 0.0380. The van der Waals surface area contributed by atoms with Crippen LogP contribution < -0.4 is 15.8 Å². The zero-order valence-corrected chi connectivity index (χ0v) is 18.2. The fourth-order valence-electron chi connectivity index (χ4n) is 3.81. The molecule has 0 spiro atoms. The molecule has 1 heterocycles. The molecule has 3 N–H and O–H groups in total. The van der Waals surface area contributed by atoms with Gasteiger partial charge in [-0.15, -0.1) is 0 Å². The quantitative estimate of drug-likeness (QED) is 0.556. The molecule has 0 aliphatic carbocycles. The number of hydrogen-bond acceptors (Lipinski definition) is 5. The number of carbonyl (C=O) groups excluding carboxylic acids is 3. The Morgan fingerprint density at radius 3 is 2.38 bits per heavy atom. The van der Waals surface area contributed by atoms with Gasteiger partial charge in [-0.3, -0.25) is 14.5 Å². The van der Waals surface area contributed by atoms with Crippen LogP contribution in [-0.4, -0.2) is 36.0 Å². The minimum Gasteiger partial charge on any atom is -0.496 e. The van der Waals surface area contributed by atoms with Crippen molar-refractivity contribution in [1.82, 2.24) is 4.90 Å². The summed E-state index contributed by atoms with van der Waals surface area (Å²) in [7, 11) is 1.48. The number of hydrogen-bond donors (Lipinski definition) is 2. The summed E-state index contributed by atoms with van der Waals surface area (Å²) in [4.78, 5) is 38.6. The van der Waals surface area contributed by atoms with Crippen molar-refractivity contribution >= 4 is 23.6 Å². The lowest BCUT2D eigenvalue weighted by Gasteiger charge is -2.22. The van der Waals surface area contributed by atoms with Gasteiger partial charge in [0.05, 0.1) is 19.2 Å². The summed E-state index contributed by atoms with van der Waals surface area (Å²) in [5.41, 5.74) is 7.64. The van der Waals surface area contributed by atoms with Crippen LogP contribution in [0.5, 0.6) is 5.75 Å². The molecular formula is C25H22FN3O5. The highest BCUT2D eigenvalue weighted by atomic mass is 19.1. The van der Waals surface area contributed by atoms with Crippen LogP contribution in [0.3, 0.4) is 0 Å². The number of halogens is 1. The number of methoxy groups -OCH3 is 1. The second-order valence-corrected chi connectivity index (χ2v) is 7.68. The number of carbonyl (C=O) groups is 3. The Bertz CT molecular complexity index is 1210. The van der Waals surface area contributed by atoms with Gasteiger partial charge in [-0.25, -0.2) is 9.18 Å². The molecule has 3 amide bonds. The SMILES string of the molecule is COc1ccccc1C(=O)Nc1ccc(C2OC(=O)N(Cc3ccc(F)cc3)C2C(N)=O)cc1. The van der Waals surface area contributed by atoms with E-state index in [1.807, 2.05) is 0 Å². The van der Waals surface area contributed by atoms with Gasteiger partial charge >= 0.3 is 6.09 Å². The van der Waals surface area contributed by atoms with Crippen LogP contribution in [0.1, 0.15) is 27.6 Å². The van der Waals surface area contributed by atoms with E-state index in [4.69, 9.17) is 15.2 Å². The molecule has 4 rings (SSSR count). The second kappa shape index (κ2) is 9.62. The van der Waals surface area contributed by atoms with E-state index in [2.05, 4.69) is 5.32 Å². The number of para-hydroxylation sites is 1. The van der Waals surface area contributed by atoms with Crippen molar-refractivity contribution in [3.63, 3.8) is 0 Å². The zero-order valence-electron chi connectivity index (χ0n) is 18.2. The van der Waals surface area contributed by atoms with Crippen molar-refractivity contribution < 1.29 is 28.2 Å². The molecule has 8 nitrogen and oxygen atoms in total. The Morgan fingerprint density at radius 1 is 1.06 bits per heavy atom. The molecule has 0 radical (unpaired) electrons. The highest BCUT2D eigenvalue weighted by Gasteiger charge is 2.46. The van der Waals surface area contributed by atoms with Gasteiger partial charge in [0.25, 0.3) is 5.91 Å². The number of nitrogens with zero attached hydrogens (tertiary/aromatic N) is 1. The maximum absolute atomic E-state index is 13.2. The third-order valence-corrected chi connectivity index (χ3v) is 5.49. The number of ether oxygens (including phenoxy) is 2. The van der Waals surface area contributed by atoms with E-state index < -0.39 is 30.0 Å². The first kappa shape index (κ1) is 22.8. The number of anilines is 1. The largest absolute Gasteiger partial charge is 0.496 e. The molecule has 2 atom stereocenters. The molecule has 1 aliphatic heterocycles.